The summed E-state index contributed by atoms with van der Waals surface area (Å²) >= 11 is 7.13. The van der Waals surface area contributed by atoms with E-state index >= 15 is 0 Å². The lowest BCUT2D eigenvalue weighted by molar-refractivity contribution is -0.402. The first-order valence-electron chi connectivity index (χ1n) is 5.40. The first-order valence-corrected chi connectivity index (χ1v) is 6.76. The highest BCUT2D eigenvalue weighted by Gasteiger charge is 2.10. The molecule has 0 bridgehead atoms. The lowest BCUT2D eigenvalue weighted by Gasteiger charge is -1.89. The van der Waals surface area contributed by atoms with E-state index in [2.05, 4.69) is 9.98 Å². The molecule has 0 aliphatic carbocycles. The maximum absolute atomic E-state index is 10.5. The third kappa shape index (κ3) is 3.39. The maximum atomic E-state index is 10.5. The fourth-order valence-corrected chi connectivity index (χ4v) is 2.62. The number of hydrogen-bond donors (Lipinski definition) is 0. The first kappa shape index (κ1) is 13.7. The van der Waals surface area contributed by atoms with Crippen molar-refractivity contribution < 1.29 is 9.34 Å². The van der Waals surface area contributed by atoms with E-state index in [1.807, 2.05) is 6.92 Å². The van der Waals surface area contributed by atoms with Gasteiger partial charge < -0.3 is 4.42 Å². The number of nitro groups is 1. The van der Waals surface area contributed by atoms with Crippen molar-refractivity contribution in [3.63, 3.8) is 0 Å². The monoisotopic (exact) mass is 299 g/mol. The minimum Gasteiger partial charge on any atom is -0.400 e. The van der Waals surface area contributed by atoms with Crippen LogP contribution in [-0.2, 0) is 6.42 Å². The highest BCUT2D eigenvalue weighted by molar-refractivity contribution is 7.15. The second-order valence-corrected chi connectivity index (χ2v) is 5.08. The molecule has 0 aliphatic heterocycles. The van der Waals surface area contributed by atoms with Gasteiger partial charge >= 0.3 is 5.88 Å². The van der Waals surface area contributed by atoms with Crippen LogP contribution in [0, 0.1) is 17.0 Å². The quantitative estimate of drug-likeness (QED) is 0.366. The number of halogens is 1. The zero-order valence-corrected chi connectivity index (χ0v) is 11.6. The van der Waals surface area contributed by atoms with Crippen LogP contribution in [0.5, 0.6) is 0 Å². The molecule has 19 heavy (non-hydrogen) atoms. The normalized spacial score (nSPS) is 11.3. The first-order chi connectivity index (χ1) is 9.10. The Morgan fingerprint density at radius 1 is 1.63 bits per heavy atom. The summed E-state index contributed by atoms with van der Waals surface area (Å²) in [6.45, 7) is 1.90. The Hall–Kier alpha value is -1.73. The van der Waals surface area contributed by atoms with Gasteiger partial charge in [0.1, 0.15) is 4.92 Å². The Morgan fingerprint density at radius 3 is 3.05 bits per heavy atom. The van der Waals surface area contributed by atoms with Gasteiger partial charge in [0.2, 0.25) is 5.13 Å². The molecular formula is C11H10ClN3O3S. The summed E-state index contributed by atoms with van der Waals surface area (Å²) in [6, 6.07) is 2.77. The van der Waals surface area contributed by atoms with E-state index in [1.165, 1.54) is 29.7 Å². The van der Waals surface area contributed by atoms with Crippen LogP contribution < -0.4 is 0 Å². The molecule has 0 unspecified atom stereocenters. The van der Waals surface area contributed by atoms with Crippen LogP contribution in [0.2, 0.25) is 0 Å². The number of furan rings is 1. The summed E-state index contributed by atoms with van der Waals surface area (Å²) in [4.78, 5) is 19.4. The van der Waals surface area contributed by atoms with E-state index in [0.717, 1.165) is 17.0 Å². The van der Waals surface area contributed by atoms with Crippen LogP contribution in [-0.4, -0.2) is 22.0 Å². The molecule has 0 aromatic carbocycles. The Balaban J connectivity index is 2.13. The zero-order chi connectivity index (χ0) is 13.8. The Morgan fingerprint density at radius 2 is 2.42 bits per heavy atom. The van der Waals surface area contributed by atoms with E-state index in [4.69, 9.17) is 16.0 Å². The number of aliphatic imine (C=N–C) groups is 1. The average molecular weight is 300 g/mol. The van der Waals surface area contributed by atoms with Crippen molar-refractivity contribution in [3.8, 4) is 0 Å². The van der Waals surface area contributed by atoms with Crippen molar-refractivity contribution in [2.45, 2.75) is 13.3 Å². The zero-order valence-electron chi connectivity index (χ0n) is 10.00. The smallest absolute Gasteiger partial charge is 0.400 e. The van der Waals surface area contributed by atoms with Crippen LogP contribution in [0.3, 0.4) is 0 Å². The van der Waals surface area contributed by atoms with E-state index in [1.54, 1.807) is 0 Å². The Bertz CT molecular complexity index is 620. The molecule has 0 fully saturated rings. The molecule has 0 aliphatic rings. The van der Waals surface area contributed by atoms with Gasteiger partial charge in [-0.25, -0.2) is 9.98 Å². The molecule has 8 heteroatoms. The molecule has 0 amide bonds. The number of rotatable bonds is 5. The van der Waals surface area contributed by atoms with Gasteiger partial charge in [-0.3, -0.25) is 10.1 Å². The Kier molecular flexibility index (Phi) is 4.28. The maximum Gasteiger partial charge on any atom is 0.433 e. The number of alkyl halides is 1. The molecule has 0 saturated carbocycles. The number of thiazole rings is 1. The highest BCUT2D eigenvalue weighted by Crippen LogP contribution is 2.26. The van der Waals surface area contributed by atoms with Crippen molar-refractivity contribution in [1.29, 1.82) is 0 Å². The summed E-state index contributed by atoms with van der Waals surface area (Å²) in [5.74, 6) is 0.550. The van der Waals surface area contributed by atoms with Gasteiger partial charge in [0.25, 0.3) is 0 Å². The fraction of sp³-hybridized carbons (Fsp3) is 0.273. The summed E-state index contributed by atoms with van der Waals surface area (Å²) < 4.78 is 4.96. The van der Waals surface area contributed by atoms with Crippen molar-refractivity contribution in [1.82, 2.24) is 4.98 Å². The van der Waals surface area contributed by atoms with Crippen molar-refractivity contribution in [2.24, 2.45) is 4.99 Å². The predicted molar refractivity (Wildman–Crippen MR) is 73.9 cm³/mol. The van der Waals surface area contributed by atoms with Gasteiger partial charge in [0.15, 0.2) is 5.76 Å². The van der Waals surface area contributed by atoms with E-state index < -0.39 is 4.92 Å². The van der Waals surface area contributed by atoms with Gasteiger partial charge in [-0.1, -0.05) is 11.3 Å². The molecule has 0 radical (unpaired) electrons. The molecular weight excluding hydrogens is 290 g/mol. The third-order valence-electron chi connectivity index (χ3n) is 2.30. The molecule has 0 saturated heterocycles. The van der Waals surface area contributed by atoms with Crippen LogP contribution in [0.4, 0.5) is 11.0 Å². The minimum atomic E-state index is -0.594. The fourth-order valence-electron chi connectivity index (χ4n) is 1.41. The lowest BCUT2D eigenvalue weighted by atomic mass is 10.3. The van der Waals surface area contributed by atoms with E-state index in [-0.39, 0.29) is 5.88 Å². The molecule has 2 heterocycles. The molecule has 0 spiro atoms. The average Bonchev–Trinajstić information content (AvgIpc) is 2.95. The summed E-state index contributed by atoms with van der Waals surface area (Å²) in [6.07, 6.45) is 2.17. The van der Waals surface area contributed by atoms with Gasteiger partial charge in [0, 0.05) is 10.8 Å². The second kappa shape index (κ2) is 5.94. The summed E-state index contributed by atoms with van der Waals surface area (Å²) in [5, 5.41) is 11.0. The number of aromatic nitrogens is 1. The van der Waals surface area contributed by atoms with Crippen LogP contribution in [0.1, 0.15) is 16.3 Å². The molecule has 0 atom stereocenters. The van der Waals surface area contributed by atoms with Crippen molar-refractivity contribution in [2.75, 3.05) is 5.88 Å². The topological polar surface area (TPSA) is 81.5 Å². The van der Waals surface area contributed by atoms with E-state index in [9.17, 15) is 10.1 Å². The Labute approximate surface area is 117 Å². The number of hydrogen-bond acceptors (Lipinski definition) is 6. The molecule has 0 N–H and O–H groups in total. The number of nitrogens with zero attached hydrogens (tertiary/aromatic N) is 3. The van der Waals surface area contributed by atoms with Crippen molar-refractivity contribution >= 4 is 40.2 Å². The van der Waals surface area contributed by atoms with Gasteiger partial charge in [-0.2, -0.15) is 0 Å². The SMILES string of the molecule is Cc1nc(N=Cc2ccc([N+](=O)[O-])o2)sc1CCCl. The van der Waals surface area contributed by atoms with Gasteiger partial charge in [-0.15, -0.1) is 11.6 Å². The molecule has 6 nitrogen and oxygen atoms in total. The molecule has 2 aromatic rings. The van der Waals surface area contributed by atoms with Gasteiger partial charge in [-0.05, 0) is 19.4 Å². The minimum absolute atomic E-state index is 0.306. The van der Waals surface area contributed by atoms with E-state index in [0.29, 0.717) is 16.8 Å². The highest BCUT2D eigenvalue weighted by atomic mass is 35.5. The van der Waals surface area contributed by atoms with Crippen LogP contribution >= 0.6 is 22.9 Å². The third-order valence-corrected chi connectivity index (χ3v) is 3.61. The standard InChI is InChI=1S/C11H10ClN3O3S/c1-7-9(4-5-12)19-11(14-7)13-6-8-2-3-10(18-8)15(16)17/h2-3,6H,4-5H2,1H3. The number of aryl methyl sites for hydroxylation is 2. The largest absolute Gasteiger partial charge is 0.433 e. The molecule has 100 valence electrons. The summed E-state index contributed by atoms with van der Waals surface area (Å²) in [7, 11) is 0. The van der Waals surface area contributed by atoms with Crippen molar-refractivity contribution in [3.05, 3.63) is 38.6 Å². The predicted octanol–water partition coefficient (Wildman–Crippen LogP) is 3.48. The molecule has 2 aromatic heterocycles. The van der Waals surface area contributed by atoms with Crippen LogP contribution in [0.15, 0.2) is 21.5 Å². The molecule has 2 rings (SSSR count). The summed E-state index contributed by atoms with van der Waals surface area (Å²) in [5.41, 5.74) is 0.906. The second-order valence-electron chi connectivity index (χ2n) is 3.64. The lowest BCUT2D eigenvalue weighted by Crippen LogP contribution is -1.83. The van der Waals surface area contributed by atoms with Crippen LogP contribution in [0.25, 0.3) is 0 Å². The van der Waals surface area contributed by atoms with Gasteiger partial charge in [0.05, 0.1) is 18.0 Å².